The predicted molar refractivity (Wildman–Crippen MR) is 249 cm³/mol. The molecular formula is C51H84O22. The second-order valence-corrected chi connectivity index (χ2v) is 23.8. The van der Waals surface area contributed by atoms with E-state index >= 15 is 0 Å². The molecule has 0 aromatic heterocycles. The van der Waals surface area contributed by atoms with Crippen molar-refractivity contribution in [1.82, 2.24) is 0 Å². The first kappa shape index (κ1) is 56.6. The quantitative estimate of drug-likeness (QED) is 0.0839. The van der Waals surface area contributed by atoms with Crippen LogP contribution in [0.25, 0.3) is 0 Å². The molecule has 22 nitrogen and oxygen atoms in total. The lowest BCUT2D eigenvalue weighted by Crippen LogP contribution is -2.66. The van der Waals surface area contributed by atoms with E-state index in [4.69, 9.17) is 42.6 Å². The maximum Gasteiger partial charge on any atom is 0.187 e. The molecule has 13 N–H and O–H groups in total. The molecule has 9 aliphatic rings. The van der Waals surface area contributed by atoms with Crippen molar-refractivity contribution in [3.8, 4) is 0 Å². The lowest BCUT2D eigenvalue weighted by Gasteiger charge is -2.58. The zero-order valence-electron chi connectivity index (χ0n) is 42.7. The van der Waals surface area contributed by atoms with Gasteiger partial charge in [0.2, 0.25) is 0 Å². The highest BCUT2D eigenvalue weighted by atomic mass is 16.8. The van der Waals surface area contributed by atoms with Crippen molar-refractivity contribution >= 4 is 0 Å². The normalized spacial score (nSPS) is 55.5. The van der Waals surface area contributed by atoms with Gasteiger partial charge < -0.3 is 109 Å². The zero-order chi connectivity index (χ0) is 52.8. The number of aliphatic hydroxyl groups is 13. The van der Waals surface area contributed by atoms with Crippen LogP contribution >= 0.6 is 0 Å². The summed E-state index contributed by atoms with van der Waals surface area (Å²) in [7, 11) is 0. The highest BCUT2D eigenvalue weighted by molar-refractivity contribution is 5.26. The predicted octanol–water partition coefficient (Wildman–Crippen LogP) is -1.98. The van der Waals surface area contributed by atoms with Crippen LogP contribution in [0, 0.1) is 46.3 Å². The van der Waals surface area contributed by atoms with E-state index in [-0.39, 0.29) is 41.3 Å². The standard InChI is InChI=1S/C51H84O22/c1-20(19-65-45-39(60)38(59)35(56)30(17-52)69-45)9-14-51(64)21(2)32-29(73-51)16-28-26-8-7-24-15-25(10-12-49(24,5)27(26)11-13-50(28,32)6)68-48-44(72-47-41(62)37(58)34(55)23(4)67-47)42(63)43(31(18-53)70-48)71-46-40(61)36(57)33(54)22(3)66-46/h7,20-23,25-48,52-64H,8-19H2,1-6H3/t20?,21?,22-,23-,25?,26?,27?,28?,29?,30+,31+,32?,33-,34-,35+,36+,37+,38-,39+,40+,41+,42-,43+,44+,45+,46-,47-,48+,49?,50?,51?/m0/s1. The van der Waals surface area contributed by atoms with E-state index in [0.29, 0.717) is 43.4 Å². The van der Waals surface area contributed by atoms with Crippen molar-refractivity contribution in [2.24, 2.45) is 46.3 Å². The molecule has 0 aromatic rings. The minimum Gasteiger partial charge on any atom is -0.394 e. The summed E-state index contributed by atoms with van der Waals surface area (Å²) in [4.78, 5) is 0. The lowest BCUT2D eigenvalue weighted by molar-refractivity contribution is -0.388. The number of allylic oxidation sites excluding steroid dienone is 1. The van der Waals surface area contributed by atoms with E-state index < -0.39 is 148 Å². The molecule has 9 rings (SSSR count). The van der Waals surface area contributed by atoms with E-state index in [1.54, 1.807) is 0 Å². The van der Waals surface area contributed by atoms with E-state index in [2.05, 4.69) is 26.8 Å². The van der Waals surface area contributed by atoms with Crippen LogP contribution in [0.3, 0.4) is 0 Å². The molecule has 420 valence electrons. The number of hydrogen-bond donors (Lipinski definition) is 13. The molecule has 0 radical (unpaired) electrons. The summed E-state index contributed by atoms with van der Waals surface area (Å²) >= 11 is 0. The molecule has 31 atom stereocenters. The number of rotatable bonds is 14. The van der Waals surface area contributed by atoms with Gasteiger partial charge in [-0.2, -0.15) is 0 Å². The number of aliphatic hydroxyl groups excluding tert-OH is 12. The van der Waals surface area contributed by atoms with Crippen molar-refractivity contribution in [3.63, 3.8) is 0 Å². The van der Waals surface area contributed by atoms with Crippen LogP contribution in [0.5, 0.6) is 0 Å². The summed E-state index contributed by atoms with van der Waals surface area (Å²) in [5, 5.41) is 139. The fourth-order valence-corrected chi connectivity index (χ4v) is 14.9. The van der Waals surface area contributed by atoms with Gasteiger partial charge >= 0.3 is 0 Å². The molecule has 73 heavy (non-hydrogen) atoms. The Balaban J connectivity index is 0.846. The van der Waals surface area contributed by atoms with Gasteiger partial charge in [0.05, 0.1) is 44.2 Å². The molecule has 5 aliphatic heterocycles. The molecule has 0 bridgehead atoms. The SMILES string of the molecule is CC(CCC1(O)OC2CC3C4CC=C5CC(O[C@@H]6O[C@H](CO)[C@@H](O[C@@H]7O[C@@H](C)[C@H](O)[C@@H](O)[C@H]7O)[C@H](O)[C@H]6O[C@@H]6O[C@@H](C)[C@H](O)[C@@H](O)[C@H]6O)CCC5(C)C4CCC3(C)C2C1C)CO[C@@H]1O[C@H](CO)[C@@H](O)[C@H](O)[C@H]1O. The molecule has 0 spiro atoms. The van der Waals surface area contributed by atoms with Crippen LogP contribution < -0.4 is 0 Å². The van der Waals surface area contributed by atoms with Crippen LogP contribution in [-0.2, 0) is 42.6 Å². The molecule has 22 heteroatoms. The van der Waals surface area contributed by atoms with Crippen LogP contribution in [0.2, 0.25) is 0 Å². The van der Waals surface area contributed by atoms with Gasteiger partial charge in [-0.3, -0.25) is 0 Å². The second kappa shape index (κ2) is 21.8. The minimum atomic E-state index is -1.75. The third-order valence-electron chi connectivity index (χ3n) is 19.5. The lowest BCUT2D eigenvalue weighted by atomic mass is 9.47. The van der Waals surface area contributed by atoms with Crippen LogP contribution in [0.1, 0.15) is 99.3 Å². The highest BCUT2D eigenvalue weighted by Gasteiger charge is 2.68. The summed E-state index contributed by atoms with van der Waals surface area (Å²) in [5.74, 6) is -0.232. The Bertz CT molecular complexity index is 1900. The van der Waals surface area contributed by atoms with Crippen molar-refractivity contribution in [2.75, 3.05) is 19.8 Å². The maximum absolute atomic E-state index is 12.1. The van der Waals surface area contributed by atoms with Gasteiger partial charge in [-0.15, -0.1) is 0 Å². The molecule has 8 fully saturated rings. The Morgan fingerprint density at radius 3 is 1.86 bits per heavy atom. The molecular weight excluding hydrogens is 965 g/mol. The van der Waals surface area contributed by atoms with E-state index in [1.165, 1.54) is 19.4 Å². The minimum absolute atomic E-state index is 0.0589. The average molecular weight is 1050 g/mol. The Kier molecular flexibility index (Phi) is 16.9. The number of hydrogen-bond acceptors (Lipinski definition) is 22. The molecule has 11 unspecified atom stereocenters. The summed E-state index contributed by atoms with van der Waals surface area (Å²) < 4.78 is 54.6. The molecule has 5 heterocycles. The topological polar surface area (TPSA) is 346 Å². The summed E-state index contributed by atoms with van der Waals surface area (Å²) in [6.45, 7) is 10.7. The van der Waals surface area contributed by atoms with Gasteiger partial charge in [-0.25, -0.2) is 0 Å². The number of ether oxygens (including phenoxy) is 9. The van der Waals surface area contributed by atoms with Gasteiger partial charge in [-0.1, -0.05) is 39.3 Å². The van der Waals surface area contributed by atoms with E-state index in [9.17, 15) is 66.4 Å². The first-order chi connectivity index (χ1) is 34.5. The summed E-state index contributed by atoms with van der Waals surface area (Å²) in [6.07, 6.45) is -20.5. The Morgan fingerprint density at radius 1 is 0.644 bits per heavy atom. The van der Waals surface area contributed by atoms with Gasteiger partial charge in [0.1, 0.15) is 85.5 Å². The maximum atomic E-state index is 12.1. The Morgan fingerprint density at radius 2 is 1.23 bits per heavy atom. The first-order valence-electron chi connectivity index (χ1n) is 26.8. The fraction of sp³-hybridized carbons (Fsp3) is 0.961. The van der Waals surface area contributed by atoms with Crippen LogP contribution in [0.15, 0.2) is 11.6 Å². The second-order valence-electron chi connectivity index (χ2n) is 23.8. The van der Waals surface area contributed by atoms with E-state index in [1.807, 2.05) is 6.92 Å². The third-order valence-corrected chi connectivity index (χ3v) is 19.5. The Hall–Kier alpha value is -1.14. The van der Waals surface area contributed by atoms with Crippen molar-refractivity contribution in [2.45, 2.75) is 240 Å². The molecule has 3 saturated carbocycles. The van der Waals surface area contributed by atoms with Gasteiger partial charge in [0.15, 0.2) is 30.9 Å². The summed E-state index contributed by atoms with van der Waals surface area (Å²) in [5.41, 5.74) is 1.07. The van der Waals surface area contributed by atoms with Gasteiger partial charge in [0.25, 0.3) is 0 Å². The van der Waals surface area contributed by atoms with Crippen molar-refractivity contribution in [1.29, 1.82) is 0 Å². The first-order valence-corrected chi connectivity index (χ1v) is 26.8. The van der Waals surface area contributed by atoms with Crippen LogP contribution in [0.4, 0.5) is 0 Å². The smallest absolute Gasteiger partial charge is 0.187 e. The molecule has 0 aromatic carbocycles. The van der Waals surface area contributed by atoms with Gasteiger partial charge in [0, 0.05) is 12.3 Å². The van der Waals surface area contributed by atoms with Crippen molar-refractivity contribution < 1.29 is 109 Å². The highest BCUT2D eigenvalue weighted by Crippen LogP contribution is 2.70. The zero-order valence-corrected chi connectivity index (χ0v) is 42.7. The third kappa shape index (κ3) is 10.2. The number of fused-ring (bicyclic) bond motifs is 7. The molecule has 4 aliphatic carbocycles. The van der Waals surface area contributed by atoms with E-state index in [0.717, 1.165) is 32.1 Å². The average Bonchev–Trinajstić information content (AvgIpc) is 3.80. The molecule has 5 saturated heterocycles. The largest absolute Gasteiger partial charge is 0.394 e. The van der Waals surface area contributed by atoms with Crippen molar-refractivity contribution in [3.05, 3.63) is 11.6 Å². The van der Waals surface area contributed by atoms with Crippen LogP contribution in [-0.4, -0.2) is 227 Å². The fourth-order valence-electron chi connectivity index (χ4n) is 14.9. The molecule has 0 amide bonds. The Labute approximate surface area is 426 Å². The van der Waals surface area contributed by atoms with Gasteiger partial charge in [-0.05, 0) is 106 Å². The summed E-state index contributed by atoms with van der Waals surface area (Å²) in [6, 6.07) is 0. The monoisotopic (exact) mass is 1050 g/mol.